The van der Waals surface area contributed by atoms with Crippen LogP contribution in [0.3, 0.4) is 0 Å². The van der Waals surface area contributed by atoms with Crippen molar-refractivity contribution < 1.29 is 14.3 Å². The third kappa shape index (κ3) is 3.06. The normalized spacial score (nSPS) is 19.2. The molecule has 4 rings (SSSR count). The first-order valence-electron chi connectivity index (χ1n) is 8.27. The molecule has 26 heavy (non-hydrogen) atoms. The zero-order valence-corrected chi connectivity index (χ0v) is 14.1. The van der Waals surface area contributed by atoms with Gasteiger partial charge in [-0.3, -0.25) is 9.78 Å². The highest BCUT2D eigenvalue weighted by molar-refractivity contribution is 5.92. The van der Waals surface area contributed by atoms with Crippen LogP contribution in [-0.2, 0) is 6.42 Å². The summed E-state index contributed by atoms with van der Waals surface area (Å²) in [7, 11) is 0. The second-order valence-corrected chi connectivity index (χ2v) is 6.18. The first-order valence-corrected chi connectivity index (χ1v) is 8.27. The monoisotopic (exact) mass is 351 g/mol. The van der Waals surface area contributed by atoms with E-state index < -0.39 is 6.10 Å². The number of carbonyl (C=O) groups excluding carboxylic acids is 1. The Morgan fingerprint density at radius 1 is 1.31 bits per heavy atom. The molecule has 0 aliphatic carbocycles. The Morgan fingerprint density at radius 3 is 2.77 bits per heavy atom. The smallest absolute Gasteiger partial charge is 0.276 e. The standard InChI is InChI=1S/C18H17N5O3/c1-11-15(24)9-23(11)18(25)14-10-26-16(22-14)7-13-4-3-12(8-21-13)17-19-5-2-6-20-17/h2-6,8,10-11,15,24H,7,9H2,1H3/t11-,15-/m0/s1. The number of aliphatic hydroxyl groups excluding tert-OH is 1. The predicted octanol–water partition coefficient (Wildman–Crippen LogP) is 1.32. The second kappa shape index (κ2) is 6.64. The van der Waals surface area contributed by atoms with Crippen molar-refractivity contribution in [2.75, 3.05) is 6.54 Å². The molecule has 0 radical (unpaired) electrons. The first kappa shape index (κ1) is 16.3. The molecule has 0 unspecified atom stereocenters. The summed E-state index contributed by atoms with van der Waals surface area (Å²) in [4.78, 5) is 30.9. The lowest BCUT2D eigenvalue weighted by Gasteiger charge is -2.42. The minimum absolute atomic E-state index is 0.197. The summed E-state index contributed by atoms with van der Waals surface area (Å²) >= 11 is 0. The maximum Gasteiger partial charge on any atom is 0.276 e. The van der Waals surface area contributed by atoms with Crippen LogP contribution in [0.15, 0.2) is 47.5 Å². The number of rotatable bonds is 4. The van der Waals surface area contributed by atoms with Crippen LogP contribution in [0.4, 0.5) is 0 Å². The van der Waals surface area contributed by atoms with Crippen LogP contribution in [0.2, 0.25) is 0 Å². The number of aliphatic hydroxyl groups is 1. The molecule has 0 bridgehead atoms. The Hall–Kier alpha value is -3.13. The van der Waals surface area contributed by atoms with Crippen LogP contribution in [0.5, 0.6) is 0 Å². The fourth-order valence-electron chi connectivity index (χ4n) is 2.76. The summed E-state index contributed by atoms with van der Waals surface area (Å²) in [6, 6.07) is 5.30. The Bertz CT molecular complexity index is 910. The number of likely N-dealkylation sites (tertiary alicyclic amines) is 1. The molecular formula is C18H17N5O3. The average Bonchev–Trinajstić information content (AvgIpc) is 3.15. The van der Waals surface area contributed by atoms with Crippen LogP contribution in [-0.4, -0.2) is 54.5 Å². The summed E-state index contributed by atoms with van der Waals surface area (Å²) in [5.74, 6) is 0.794. The molecule has 1 N–H and O–H groups in total. The molecule has 8 nitrogen and oxygen atoms in total. The van der Waals surface area contributed by atoms with E-state index in [-0.39, 0.29) is 17.6 Å². The van der Waals surface area contributed by atoms with Crippen LogP contribution >= 0.6 is 0 Å². The van der Waals surface area contributed by atoms with E-state index in [1.54, 1.807) is 36.5 Å². The molecule has 1 amide bonds. The van der Waals surface area contributed by atoms with E-state index in [0.717, 1.165) is 11.3 Å². The summed E-state index contributed by atoms with van der Waals surface area (Å²) < 4.78 is 5.40. The minimum Gasteiger partial charge on any atom is -0.448 e. The van der Waals surface area contributed by atoms with E-state index >= 15 is 0 Å². The van der Waals surface area contributed by atoms with Crippen molar-refractivity contribution in [3.63, 3.8) is 0 Å². The lowest BCUT2D eigenvalue weighted by atomic mass is 10.0. The predicted molar refractivity (Wildman–Crippen MR) is 91.1 cm³/mol. The molecule has 3 aromatic rings. The summed E-state index contributed by atoms with van der Waals surface area (Å²) in [5.41, 5.74) is 1.83. The Morgan fingerprint density at radius 2 is 2.12 bits per heavy atom. The van der Waals surface area contributed by atoms with E-state index in [1.165, 1.54) is 6.26 Å². The minimum atomic E-state index is -0.471. The lowest BCUT2D eigenvalue weighted by molar-refractivity contribution is -0.0360. The number of β-amino-alcohol motifs (C(OH)–C–C–N with tert-alkyl or cyclic N) is 1. The number of carbonyl (C=O) groups is 1. The molecule has 8 heteroatoms. The number of aromatic nitrogens is 4. The van der Waals surface area contributed by atoms with Gasteiger partial charge in [0.05, 0.1) is 18.6 Å². The van der Waals surface area contributed by atoms with Crippen molar-refractivity contribution in [1.29, 1.82) is 0 Å². The van der Waals surface area contributed by atoms with Gasteiger partial charge in [0.15, 0.2) is 11.5 Å². The Labute approximate surface area is 149 Å². The van der Waals surface area contributed by atoms with Crippen molar-refractivity contribution in [1.82, 2.24) is 24.8 Å². The summed E-state index contributed by atoms with van der Waals surface area (Å²) in [6.07, 6.45) is 6.31. The topological polar surface area (TPSA) is 105 Å². The number of hydrogen-bond donors (Lipinski definition) is 1. The van der Waals surface area contributed by atoms with Crippen molar-refractivity contribution in [2.45, 2.75) is 25.5 Å². The second-order valence-electron chi connectivity index (χ2n) is 6.18. The molecule has 2 atom stereocenters. The molecule has 0 saturated carbocycles. The number of nitrogens with zero attached hydrogens (tertiary/aromatic N) is 5. The van der Waals surface area contributed by atoms with E-state index in [0.29, 0.717) is 24.7 Å². The third-order valence-electron chi connectivity index (χ3n) is 4.45. The lowest BCUT2D eigenvalue weighted by Crippen LogP contribution is -2.60. The van der Waals surface area contributed by atoms with Gasteiger partial charge in [0, 0.05) is 36.4 Å². The van der Waals surface area contributed by atoms with Crippen molar-refractivity contribution in [2.24, 2.45) is 0 Å². The molecule has 3 aromatic heterocycles. The van der Waals surface area contributed by atoms with Gasteiger partial charge in [-0.25, -0.2) is 15.0 Å². The highest BCUT2D eigenvalue weighted by Crippen LogP contribution is 2.21. The van der Waals surface area contributed by atoms with Gasteiger partial charge in [-0.2, -0.15) is 0 Å². The van der Waals surface area contributed by atoms with E-state index in [4.69, 9.17) is 4.42 Å². The molecule has 0 aromatic carbocycles. The van der Waals surface area contributed by atoms with Gasteiger partial charge in [0.2, 0.25) is 5.89 Å². The molecule has 132 valence electrons. The largest absolute Gasteiger partial charge is 0.448 e. The summed E-state index contributed by atoms with van der Waals surface area (Å²) in [5, 5.41) is 9.53. The molecule has 1 aliphatic rings. The first-order chi connectivity index (χ1) is 12.6. The number of oxazole rings is 1. The van der Waals surface area contributed by atoms with Crippen LogP contribution in [0, 0.1) is 0 Å². The van der Waals surface area contributed by atoms with Gasteiger partial charge in [-0.05, 0) is 25.1 Å². The van der Waals surface area contributed by atoms with Gasteiger partial charge in [0.1, 0.15) is 6.26 Å². The molecular weight excluding hydrogens is 334 g/mol. The fraction of sp³-hybridized carbons (Fsp3) is 0.278. The SMILES string of the molecule is C[C@H]1[C@@H](O)CN1C(=O)c1coc(Cc2ccc(-c3ncccn3)cn2)n1. The zero-order valence-electron chi connectivity index (χ0n) is 14.1. The van der Waals surface area contributed by atoms with Gasteiger partial charge in [0.25, 0.3) is 5.91 Å². The van der Waals surface area contributed by atoms with Crippen molar-refractivity contribution >= 4 is 5.91 Å². The Kier molecular flexibility index (Phi) is 4.18. The zero-order chi connectivity index (χ0) is 18.1. The quantitative estimate of drug-likeness (QED) is 0.756. The molecule has 1 fully saturated rings. The van der Waals surface area contributed by atoms with Gasteiger partial charge in [-0.1, -0.05) is 0 Å². The van der Waals surface area contributed by atoms with Crippen molar-refractivity contribution in [3.05, 3.63) is 60.3 Å². The Balaban J connectivity index is 1.43. The van der Waals surface area contributed by atoms with E-state index in [9.17, 15) is 9.90 Å². The summed E-state index contributed by atoms with van der Waals surface area (Å²) in [6.45, 7) is 2.13. The maximum absolute atomic E-state index is 12.3. The van der Waals surface area contributed by atoms with Gasteiger partial charge >= 0.3 is 0 Å². The van der Waals surface area contributed by atoms with Crippen molar-refractivity contribution in [3.8, 4) is 11.4 Å². The fourth-order valence-corrected chi connectivity index (χ4v) is 2.76. The highest BCUT2D eigenvalue weighted by atomic mass is 16.3. The number of hydrogen-bond acceptors (Lipinski definition) is 7. The van der Waals surface area contributed by atoms with Crippen LogP contribution < -0.4 is 0 Å². The third-order valence-corrected chi connectivity index (χ3v) is 4.45. The van der Waals surface area contributed by atoms with E-state index in [2.05, 4.69) is 19.9 Å². The van der Waals surface area contributed by atoms with Gasteiger partial charge < -0.3 is 14.4 Å². The molecule has 1 saturated heterocycles. The highest BCUT2D eigenvalue weighted by Gasteiger charge is 2.38. The van der Waals surface area contributed by atoms with Gasteiger partial charge in [-0.15, -0.1) is 0 Å². The molecule has 0 spiro atoms. The van der Waals surface area contributed by atoms with E-state index in [1.807, 2.05) is 12.1 Å². The maximum atomic E-state index is 12.3. The molecule has 4 heterocycles. The molecule has 1 aliphatic heterocycles. The van der Waals surface area contributed by atoms with Crippen LogP contribution in [0.1, 0.15) is 29.0 Å². The number of pyridine rings is 1. The van der Waals surface area contributed by atoms with Crippen LogP contribution in [0.25, 0.3) is 11.4 Å². The number of amides is 1. The average molecular weight is 351 g/mol.